The molecule has 0 saturated carbocycles. The molecule has 0 bridgehead atoms. The van der Waals surface area contributed by atoms with Gasteiger partial charge in [-0.1, -0.05) is 13.8 Å². The Morgan fingerprint density at radius 3 is 2.50 bits per heavy atom. The summed E-state index contributed by atoms with van der Waals surface area (Å²) in [6.45, 7) is 11.1. The summed E-state index contributed by atoms with van der Waals surface area (Å²) in [6, 6.07) is 2.72. The number of nitrogens with zero attached hydrogens (tertiary/aromatic N) is 4. The zero-order chi connectivity index (χ0) is 14.5. The van der Waals surface area contributed by atoms with Crippen molar-refractivity contribution in [1.82, 2.24) is 14.9 Å². The van der Waals surface area contributed by atoms with E-state index in [0.29, 0.717) is 6.04 Å². The summed E-state index contributed by atoms with van der Waals surface area (Å²) in [5, 5.41) is 0. The van der Waals surface area contributed by atoms with E-state index in [0.717, 1.165) is 55.3 Å². The van der Waals surface area contributed by atoms with E-state index in [1.165, 1.54) is 6.42 Å². The molecule has 2 heterocycles. The Kier molecular flexibility index (Phi) is 5.78. The topological polar surface area (TPSA) is 32.3 Å². The maximum Gasteiger partial charge on any atom is 0.133 e. The molecular formula is C15H25BrN4. The zero-order valence-electron chi connectivity index (χ0n) is 12.8. The van der Waals surface area contributed by atoms with Crippen molar-refractivity contribution >= 4 is 21.7 Å². The summed E-state index contributed by atoms with van der Waals surface area (Å²) in [5.41, 5.74) is 0. The van der Waals surface area contributed by atoms with Gasteiger partial charge in [-0.25, -0.2) is 9.97 Å². The molecule has 1 aliphatic heterocycles. The molecule has 112 valence electrons. The van der Waals surface area contributed by atoms with Crippen LogP contribution in [-0.4, -0.2) is 47.1 Å². The van der Waals surface area contributed by atoms with Gasteiger partial charge in [0.1, 0.15) is 16.2 Å². The highest BCUT2D eigenvalue weighted by atomic mass is 79.9. The lowest BCUT2D eigenvalue weighted by Gasteiger charge is -2.38. The van der Waals surface area contributed by atoms with Crippen molar-refractivity contribution in [2.24, 2.45) is 0 Å². The standard InChI is InChI=1S/C15H25BrN4/c1-4-6-14-17-13(16)11-15(18-14)20-9-7-19(8-10-20)12(3)5-2/h11-12H,4-10H2,1-3H3. The lowest BCUT2D eigenvalue weighted by molar-refractivity contribution is 0.192. The van der Waals surface area contributed by atoms with Gasteiger partial charge in [-0.2, -0.15) is 0 Å². The molecule has 4 nitrogen and oxygen atoms in total. The molecule has 1 fully saturated rings. The minimum Gasteiger partial charge on any atom is -0.354 e. The van der Waals surface area contributed by atoms with Crippen molar-refractivity contribution < 1.29 is 0 Å². The second-order valence-corrected chi connectivity index (χ2v) is 6.31. The first-order chi connectivity index (χ1) is 9.63. The van der Waals surface area contributed by atoms with Crippen LogP contribution in [0.15, 0.2) is 10.7 Å². The van der Waals surface area contributed by atoms with Crippen LogP contribution in [0.1, 0.15) is 39.4 Å². The fraction of sp³-hybridized carbons (Fsp3) is 0.733. The third-order valence-corrected chi connectivity index (χ3v) is 4.46. The van der Waals surface area contributed by atoms with Gasteiger partial charge < -0.3 is 4.90 Å². The van der Waals surface area contributed by atoms with Crippen LogP contribution in [0.2, 0.25) is 0 Å². The van der Waals surface area contributed by atoms with Crippen molar-refractivity contribution in [3.8, 4) is 0 Å². The van der Waals surface area contributed by atoms with Crippen LogP contribution in [0.3, 0.4) is 0 Å². The quantitative estimate of drug-likeness (QED) is 0.771. The number of anilines is 1. The Balaban J connectivity index is 2.03. The molecule has 0 N–H and O–H groups in total. The minimum absolute atomic E-state index is 0.685. The summed E-state index contributed by atoms with van der Waals surface area (Å²) in [4.78, 5) is 14.1. The molecule has 0 aliphatic carbocycles. The highest BCUT2D eigenvalue weighted by Gasteiger charge is 2.21. The number of aromatic nitrogens is 2. The highest BCUT2D eigenvalue weighted by molar-refractivity contribution is 9.10. The van der Waals surface area contributed by atoms with Gasteiger partial charge in [0.2, 0.25) is 0 Å². The molecule has 20 heavy (non-hydrogen) atoms. The van der Waals surface area contributed by atoms with Crippen LogP contribution >= 0.6 is 15.9 Å². The number of piperazine rings is 1. The molecule has 0 spiro atoms. The molecule has 0 radical (unpaired) electrons. The maximum atomic E-state index is 4.70. The maximum absolute atomic E-state index is 4.70. The van der Waals surface area contributed by atoms with Crippen molar-refractivity contribution in [2.75, 3.05) is 31.1 Å². The van der Waals surface area contributed by atoms with E-state index in [9.17, 15) is 0 Å². The lowest BCUT2D eigenvalue weighted by Crippen LogP contribution is -2.49. The van der Waals surface area contributed by atoms with E-state index >= 15 is 0 Å². The lowest BCUT2D eigenvalue weighted by atomic mass is 10.2. The van der Waals surface area contributed by atoms with Crippen molar-refractivity contribution in [1.29, 1.82) is 0 Å². The van der Waals surface area contributed by atoms with E-state index in [4.69, 9.17) is 4.98 Å². The van der Waals surface area contributed by atoms with Gasteiger partial charge in [0.05, 0.1) is 0 Å². The van der Waals surface area contributed by atoms with Crippen molar-refractivity contribution in [3.63, 3.8) is 0 Å². The van der Waals surface area contributed by atoms with Crippen LogP contribution < -0.4 is 4.90 Å². The first-order valence-electron chi connectivity index (χ1n) is 7.66. The van der Waals surface area contributed by atoms with Crippen LogP contribution in [-0.2, 0) is 6.42 Å². The third kappa shape index (κ3) is 3.92. The molecule has 1 aliphatic rings. The predicted octanol–water partition coefficient (Wildman–Crippen LogP) is 3.11. The average molecular weight is 341 g/mol. The molecule has 1 atom stereocenters. The molecule has 1 saturated heterocycles. The first kappa shape index (κ1) is 15.7. The monoisotopic (exact) mass is 340 g/mol. The van der Waals surface area contributed by atoms with Crippen LogP contribution in [0.25, 0.3) is 0 Å². The molecule has 1 aromatic rings. The van der Waals surface area contributed by atoms with Gasteiger partial charge in [-0.3, -0.25) is 4.90 Å². The first-order valence-corrected chi connectivity index (χ1v) is 8.45. The fourth-order valence-electron chi connectivity index (χ4n) is 2.60. The van der Waals surface area contributed by atoms with E-state index in [-0.39, 0.29) is 0 Å². The molecule has 5 heteroatoms. The SMILES string of the molecule is CCCc1nc(Br)cc(N2CCN(C(C)CC)CC2)n1. The van der Waals surface area contributed by atoms with Crippen LogP contribution in [0.4, 0.5) is 5.82 Å². The Labute approximate surface area is 130 Å². The number of hydrogen-bond acceptors (Lipinski definition) is 4. The van der Waals surface area contributed by atoms with Gasteiger partial charge in [0.15, 0.2) is 0 Å². The molecule has 2 rings (SSSR count). The Bertz CT molecular complexity index is 430. The summed E-state index contributed by atoms with van der Waals surface area (Å²) in [5.74, 6) is 2.01. The summed E-state index contributed by atoms with van der Waals surface area (Å²) in [7, 11) is 0. The largest absolute Gasteiger partial charge is 0.354 e. The van der Waals surface area contributed by atoms with Gasteiger partial charge in [-0.05, 0) is 35.7 Å². The predicted molar refractivity (Wildman–Crippen MR) is 87.3 cm³/mol. The van der Waals surface area contributed by atoms with E-state index < -0.39 is 0 Å². The number of rotatable bonds is 5. The second-order valence-electron chi connectivity index (χ2n) is 5.50. The Morgan fingerprint density at radius 2 is 1.90 bits per heavy atom. The molecular weight excluding hydrogens is 316 g/mol. The van der Waals surface area contributed by atoms with E-state index in [1.54, 1.807) is 0 Å². The number of halogens is 1. The smallest absolute Gasteiger partial charge is 0.133 e. The van der Waals surface area contributed by atoms with E-state index in [2.05, 4.69) is 51.5 Å². The van der Waals surface area contributed by atoms with E-state index in [1.807, 2.05) is 6.07 Å². The molecule has 1 aromatic heterocycles. The average Bonchev–Trinajstić information content (AvgIpc) is 2.46. The summed E-state index contributed by atoms with van der Waals surface area (Å²) < 4.78 is 0.898. The molecule has 0 amide bonds. The Morgan fingerprint density at radius 1 is 1.20 bits per heavy atom. The summed E-state index contributed by atoms with van der Waals surface area (Å²) >= 11 is 3.51. The van der Waals surface area contributed by atoms with Gasteiger partial charge in [-0.15, -0.1) is 0 Å². The highest BCUT2D eigenvalue weighted by Crippen LogP contribution is 2.19. The molecule has 1 unspecified atom stereocenters. The normalized spacial score (nSPS) is 18.3. The minimum atomic E-state index is 0.685. The third-order valence-electron chi connectivity index (χ3n) is 4.05. The number of hydrogen-bond donors (Lipinski definition) is 0. The molecule has 0 aromatic carbocycles. The van der Waals surface area contributed by atoms with Crippen molar-refractivity contribution in [3.05, 3.63) is 16.5 Å². The zero-order valence-corrected chi connectivity index (χ0v) is 14.4. The van der Waals surface area contributed by atoms with Crippen LogP contribution in [0, 0.1) is 0 Å². The second kappa shape index (κ2) is 7.36. The van der Waals surface area contributed by atoms with Crippen LogP contribution in [0.5, 0.6) is 0 Å². The van der Waals surface area contributed by atoms with Gasteiger partial charge >= 0.3 is 0 Å². The van der Waals surface area contributed by atoms with Crippen molar-refractivity contribution in [2.45, 2.75) is 46.1 Å². The fourth-order valence-corrected chi connectivity index (χ4v) is 3.01. The number of aryl methyl sites for hydroxylation is 1. The van der Waals surface area contributed by atoms with Gasteiger partial charge in [0, 0.05) is 44.7 Å². The summed E-state index contributed by atoms with van der Waals surface area (Å²) in [6.07, 6.45) is 3.25. The van der Waals surface area contributed by atoms with Gasteiger partial charge in [0.25, 0.3) is 0 Å². The Hall–Kier alpha value is -0.680.